The lowest BCUT2D eigenvalue weighted by Crippen LogP contribution is -2.33. The van der Waals surface area contributed by atoms with Gasteiger partial charge >= 0.3 is 0 Å². The summed E-state index contributed by atoms with van der Waals surface area (Å²) in [7, 11) is 0. The predicted octanol–water partition coefficient (Wildman–Crippen LogP) is 6.20. The van der Waals surface area contributed by atoms with Crippen molar-refractivity contribution >= 4 is 22.4 Å². The van der Waals surface area contributed by atoms with Gasteiger partial charge in [0.2, 0.25) is 0 Å². The molecular weight excluding hydrogens is 426 g/mol. The predicted molar refractivity (Wildman–Crippen MR) is 142 cm³/mol. The van der Waals surface area contributed by atoms with E-state index in [0.29, 0.717) is 0 Å². The van der Waals surface area contributed by atoms with Crippen LogP contribution in [0.15, 0.2) is 103 Å². The summed E-state index contributed by atoms with van der Waals surface area (Å²) in [6.07, 6.45) is 1.08. The number of rotatable bonds is 8. The van der Waals surface area contributed by atoms with Crippen LogP contribution in [0.2, 0.25) is 0 Å². The van der Waals surface area contributed by atoms with E-state index in [1.54, 1.807) is 11.8 Å². The lowest BCUT2D eigenvalue weighted by molar-refractivity contribution is 0.317. The Labute approximate surface area is 201 Å². The fourth-order valence-electron chi connectivity index (χ4n) is 3.92. The fraction of sp³-hybridized carbons (Fsp3) is 0.214. The van der Waals surface area contributed by atoms with E-state index in [1.165, 1.54) is 0 Å². The van der Waals surface area contributed by atoms with Crippen LogP contribution in [0.1, 0.15) is 12.0 Å². The number of benzene rings is 3. The molecule has 1 aliphatic rings. The van der Waals surface area contributed by atoms with Gasteiger partial charge in [-0.2, -0.15) is 0 Å². The van der Waals surface area contributed by atoms with Crippen LogP contribution in [0.25, 0.3) is 4.91 Å². The summed E-state index contributed by atoms with van der Waals surface area (Å²) in [5.41, 5.74) is 9.51. The molecule has 170 valence electrons. The monoisotopic (exact) mass is 457 g/mol. The molecule has 0 radical (unpaired) electrons. The molecule has 33 heavy (non-hydrogen) atoms. The van der Waals surface area contributed by atoms with Crippen molar-refractivity contribution in [2.24, 2.45) is 5.73 Å². The molecule has 4 nitrogen and oxygen atoms in total. The van der Waals surface area contributed by atoms with Gasteiger partial charge in [0.05, 0.1) is 5.69 Å². The molecule has 0 aromatic heterocycles. The largest absolute Gasteiger partial charge is 0.455 e. The Bertz CT molecular complexity index is 1070. The Kier molecular flexibility index (Phi) is 8.12. The summed E-state index contributed by atoms with van der Waals surface area (Å²) in [6, 6.07) is 28.5. The zero-order valence-electron chi connectivity index (χ0n) is 18.9. The van der Waals surface area contributed by atoms with Gasteiger partial charge in [-0.05, 0) is 41.7 Å². The average Bonchev–Trinajstić information content (AvgIpc) is 3.09. The van der Waals surface area contributed by atoms with Crippen LogP contribution in [0.3, 0.4) is 0 Å². The quantitative estimate of drug-likeness (QED) is 0.436. The van der Waals surface area contributed by atoms with Crippen molar-refractivity contribution in [3.8, 4) is 11.5 Å². The molecule has 0 unspecified atom stereocenters. The second-order valence-corrected chi connectivity index (χ2v) is 9.06. The van der Waals surface area contributed by atoms with Crippen LogP contribution in [0.5, 0.6) is 11.5 Å². The SMILES string of the molecule is C=C(S/C=C(\N)CN1CCCN(c2ccccc2Oc2ccccc2)CC1)c1ccccc1. The molecule has 0 amide bonds. The first kappa shape index (κ1) is 23.0. The summed E-state index contributed by atoms with van der Waals surface area (Å²) in [5.74, 6) is 1.75. The number of nitrogens with two attached hydrogens (primary N) is 1. The summed E-state index contributed by atoms with van der Waals surface area (Å²) < 4.78 is 6.19. The van der Waals surface area contributed by atoms with Crippen molar-refractivity contribution < 1.29 is 4.74 Å². The highest BCUT2D eigenvalue weighted by Gasteiger charge is 2.18. The van der Waals surface area contributed by atoms with Gasteiger partial charge in [0.1, 0.15) is 5.75 Å². The Morgan fingerprint density at radius 3 is 2.36 bits per heavy atom. The Morgan fingerprint density at radius 2 is 1.58 bits per heavy atom. The molecular formula is C28H31N3OS. The van der Waals surface area contributed by atoms with Crippen molar-refractivity contribution in [2.45, 2.75) is 6.42 Å². The number of hydrogen-bond donors (Lipinski definition) is 1. The van der Waals surface area contributed by atoms with Gasteiger partial charge in [-0.25, -0.2) is 0 Å². The van der Waals surface area contributed by atoms with Gasteiger partial charge in [0.25, 0.3) is 0 Å². The normalized spacial score (nSPS) is 15.2. The highest BCUT2D eigenvalue weighted by atomic mass is 32.2. The molecule has 0 spiro atoms. The number of anilines is 1. The smallest absolute Gasteiger partial charge is 0.150 e. The van der Waals surface area contributed by atoms with E-state index in [9.17, 15) is 0 Å². The fourth-order valence-corrected chi connectivity index (χ4v) is 4.56. The summed E-state index contributed by atoms with van der Waals surface area (Å²) in [5, 5.41) is 2.03. The minimum atomic E-state index is 0.769. The molecule has 5 heteroatoms. The molecule has 0 atom stereocenters. The summed E-state index contributed by atoms with van der Waals surface area (Å²) >= 11 is 1.60. The van der Waals surface area contributed by atoms with E-state index in [4.69, 9.17) is 10.5 Å². The second kappa shape index (κ2) is 11.6. The molecule has 3 aromatic carbocycles. The lowest BCUT2D eigenvalue weighted by atomic mass is 10.2. The summed E-state index contributed by atoms with van der Waals surface area (Å²) in [6.45, 7) is 8.85. The van der Waals surface area contributed by atoms with Gasteiger partial charge in [-0.1, -0.05) is 79.0 Å². The topological polar surface area (TPSA) is 41.7 Å². The molecule has 1 fully saturated rings. The molecule has 2 N–H and O–H groups in total. The molecule has 1 heterocycles. The molecule has 0 bridgehead atoms. The van der Waals surface area contributed by atoms with Crippen LogP contribution >= 0.6 is 11.8 Å². The minimum absolute atomic E-state index is 0.769. The van der Waals surface area contributed by atoms with Gasteiger partial charge in [0, 0.05) is 43.3 Å². The third kappa shape index (κ3) is 6.67. The zero-order valence-corrected chi connectivity index (χ0v) is 19.7. The van der Waals surface area contributed by atoms with E-state index in [0.717, 1.165) is 72.5 Å². The highest BCUT2D eigenvalue weighted by molar-refractivity contribution is 8.10. The minimum Gasteiger partial charge on any atom is -0.455 e. The van der Waals surface area contributed by atoms with E-state index >= 15 is 0 Å². The number of para-hydroxylation sites is 3. The first-order valence-electron chi connectivity index (χ1n) is 11.3. The molecule has 3 aromatic rings. The lowest BCUT2D eigenvalue weighted by Gasteiger charge is -2.25. The zero-order chi connectivity index (χ0) is 22.9. The van der Waals surface area contributed by atoms with E-state index in [-0.39, 0.29) is 0 Å². The van der Waals surface area contributed by atoms with E-state index in [1.807, 2.05) is 66.1 Å². The number of nitrogens with zero attached hydrogens (tertiary/aromatic N) is 2. The molecule has 1 aliphatic heterocycles. The van der Waals surface area contributed by atoms with Gasteiger partial charge in [0.15, 0.2) is 5.75 Å². The van der Waals surface area contributed by atoms with Crippen molar-refractivity contribution in [1.29, 1.82) is 0 Å². The van der Waals surface area contributed by atoms with Gasteiger partial charge in [-0.3, -0.25) is 4.90 Å². The maximum Gasteiger partial charge on any atom is 0.150 e. The van der Waals surface area contributed by atoms with Crippen molar-refractivity contribution in [1.82, 2.24) is 4.90 Å². The molecule has 0 saturated carbocycles. The number of ether oxygens (including phenoxy) is 1. The van der Waals surface area contributed by atoms with Crippen molar-refractivity contribution in [3.05, 3.63) is 108 Å². The number of hydrogen-bond acceptors (Lipinski definition) is 5. The van der Waals surface area contributed by atoms with E-state index in [2.05, 4.69) is 40.6 Å². The first-order valence-corrected chi connectivity index (χ1v) is 12.2. The van der Waals surface area contributed by atoms with Crippen LogP contribution in [0, 0.1) is 0 Å². The Balaban J connectivity index is 1.34. The summed E-state index contributed by atoms with van der Waals surface area (Å²) in [4.78, 5) is 5.86. The first-order chi connectivity index (χ1) is 16.2. The molecule has 0 aliphatic carbocycles. The Hall–Kier alpha value is -3.15. The highest BCUT2D eigenvalue weighted by Crippen LogP contribution is 2.33. The standard InChI is InChI=1S/C28H31N3OS/c1-23(24-11-4-2-5-12-24)33-22-25(29)21-30-17-10-18-31(20-19-30)27-15-8-9-16-28(27)32-26-13-6-3-7-14-26/h2-9,11-16,22H,1,10,17-21,29H2/b25-22-. The maximum atomic E-state index is 6.36. The van der Waals surface area contributed by atoms with Crippen LogP contribution in [-0.4, -0.2) is 37.6 Å². The molecule has 4 rings (SSSR count). The third-order valence-electron chi connectivity index (χ3n) is 5.62. The molecule has 1 saturated heterocycles. The maximum absolute atomic E-state index is 6.36. The second-order valence-electron chi connectivity index (χ2n) is 8.10. The van der Waals surface area contributed by atoms with Gasteiger partial charge in [-0.15, -0.1) is 0 Å². The van der Waals surface area contributed by atoms with Crippen molar-refractivity contribution in [2.75, 3.05) is 37.6 Å². The average molecular weight is 458 g/mol. The van der Waals surface area contributed by atoms with Gasteiger partial charge < -0.3 is 15.4 Å². The Morgan fingerprint density at radius 1 is 0.879 bits per heavy atom. The van der Waals surface area contributed by atoms with Crippen LogP contribution in [0.4, 0.5) is 5.69 Å². The van der Waals surface area contributed by atoms with Crippen molar-refractivity contribution in [3.63, 3.8) is 0 Å². The van der Waals surface area contributed by atoms with E-state index < -0.39 is 0 Å². The number of thioether (sulfide) groups is 1. The third-order valence-corrected chi connectivity index (χ3v) is 6.56. The van der Waals surface area contributed by atoms with Crippen LogP contribution < -0.4 is 15.4 Å². The van der Waals surface area contributed by atoms with Crippen LogP contribution in [-0.2, 0) is 0 Å².